The van der Waals surface area contributed by atoms with Gasteiger partial charge in [-0.15, -0.1) is 0 Å². The number of halogens is 1. The normalized spacial score (nSPS) is 10.4. The Morgan fingerprint density at radius 3 is 2.59 bits per heavy atom. The molecule has 0 aliphatic heterocycles. The predicted molar refractivity (Wildman–Crippen MR) is 82.8 cm³/mol. The molecule has 116 valence electrons. The summed E-state index contributed by atoms with van der Waals surface area (Å²) in [5, 5.41) is 0. The summed E-state index contributed by atoms with van der Waals surface area (Å²) < 4.78 is 23.6. The molecule has 0 radical (unpaired) electrons. The third-order valence-corrected chi connectivity index (χ3v) is 3.21. The number of hydrogen-bond acceptors (Lipinski definition) is 3. The van der Waals surface area contributed by atoms with E-state index in [0.29, 0.717) is 11.3 Å². The maximum atomic E-state index is 13.5. The van der Waals surface area contributed by atoms with E-state index < -0.39 is 5.82 Å². The Kier molecular flexibility index (Phi) is 5.12. The lowest BCUT2D eigenvalue weighted by Gasteiger charge is -2.22. The Morgan fingerprint density at radius 2 is 1.95 bits per heavy atom. The van der Waals surface area contributed by atoms with Crippen LogP contribution in [0.4, 0.5) is 10.1 Å². The van der Waals surface area contributed by atoms with Crippen molar-refractivity contribution in [2.75, 3.05) is 25.9 Å². The van der Waals surface area contributed by atoms with Gasteiger partial charge in [-0.2, -0.15) is 0 Å². The number of carbonyl (C=O) groups excluding carboxylic acids is 1. The number of carbonyl (C=O) groups is 1. The number of ether oxygens (including phenoxy) is 2. The molecule has 0 saturated heterocycles. The molecule has 0 aliphatic rings. The van der Waals surface area contributed by atoms with Crippen molar-refractivity contribution in [1.82, 2.24) is 0 Å². The number of benzene rings is 2. The first-order chi connectivity index (χ1) is 10.6. The van der Waals surface area contributed by atoms with E-state index in [2.05, 4.69) is 0 Å². The van der Waals surface area contributed by atoms with Crippen molar-refractivity contribution >= 4 is 11.6 Å². The van der Waals surface area contributed by atoms with E-state index in [1.165, 1.54) is 37.3 Å². The van der Waals surface area contributed by atoms with Gasteiger partial charge in [0.1, 0.15) is 6.73 Å². The Bertz CT molecular complexity index is 673. The van der Waals surface area contributed by atoms with Crippen LogP contribution in [0.25, 0.3) is 0 Å². The van der Waals surface area contributed by atoms with Crippen molar-refractivity contribution in [2.24, 2.45) is 0 Å². The highest BCUT2D eigenvalue weighted by Gasteiger charge is 2.19. The number of amides is 1. The van der Waals surface area contributed by atoms with Crippen molar-refractivity contribution in [3.63, 3.8) is 0 Å². The third-order valence-electron chi connectivity index (χ3n) is 3.21. The van der Waals surface area contributed by atoms with Crippen molar-refractivity contribution < 1.29 is 18.7 Å². The maximum Gasteiger partial charge on any atom is 0.260 e. The van der Waals surface area contributed by atoms with E-state index in [1.807, 2.05) is 19.1 Å². The number of rotatable bonds is 5. The molecule has 0 saturated carbocycles. The molecule has 0 aliphatic carbocycles. The second-order valence-electron chi connectivity index (χ2n) is 4.84. The first kappa shape index (κ1) is 16.0. The lowest BCUT2D eigenvalue weighted by molar-refractivity contribution is 0.0936. The number of anilines is 1. The topological polar surface area (TPSA) is 38.8 Å². The molecule has 4 nitrogen and oxygen atoms in total. The van der Waals surface area contributed by atoms with Gasteiger partial charge in [-0.3, -0.25) is 9.69 Å². The molecule has 0 heterocycles. The molecule has 0 spiro atoms. The summed E-state index contributed by atoms with van der Waals surface area (Å²) in [4.78, 5) is 14.1. The van der Waals surface area contributed by atoms with E-state index in [1.54, 1.807) is 12.1 Å². The van der Waals surface area contributed by atoms with Crippen LogP contribution in [0.15, 0.2) is 42.5 Å². The van der Waals surface area contributed by atoms with Crippen molar-refractivity contribution in [3.05, 3.63) is 59.4 Å². The third kappa shape index (κ3) is 3.43. The summed E-state index contributed by atoms with van der Waals surface area (Å²) in [6.07, 6.45) is 0. The fraction of sp³-hybridized carbons (Fsp3) is 0.235. The molecule has 2 aromatic carbocycles. The van der Waals surface area contributed by atoms with E-state index in [4.69, 9.17) is 9.47 Å². The van der Waals surface area contributed by atoms with Crippen LogP contribution < -0.4 is 9.64 Å². The standard InChI is InChI=1S/C17H18FNO3/c1-12-5-4-6-13(9-12)17(20)19(11-21-2)14-7-8-15(18)16(10-14)22-3/h4-10H,11H2,1-3H3. The first-order valence-corrected chi connectivity index (χ1v) is 6.78. The predicted octanol–water partition coefficient (Wildman–Crippen LogP) is 3.39. The van der Waals surface area contributed by atoms with Crippen molar-refractivity contribution in [1.29, 1.82) is 0 Å². The minimum atomic E-state index is -0.480. The van der Waals surface area contributed by atoms with E-state index in [-0.39, 0.29) is 18.4 Å². The minimum absolute atomic E-state index is 0.0571. The zero-order chi connectivity index (χ0) is 16.1. The summed E-state index contributed by atoms with van der Waals surface area (Å²) in [6, 6.07) is 11.5. The molecule has 5 heteroatoms. The number of nitrogens with zero attached hydrogens (tertiary/aromatic N) is 1. The van der Waals surface area contributed by atoms with Crippen LogP contribution in [-0.2, 0) is 4.74 Å². The summed E-state index contributed by atoms with van der Waals surface area (Å²) >= 11 is 0. The van der Waals surface area contributed by atoms with Gasteiger partial charge in [-0.05, 0) is 31.2 Å². The zero-order valence-electron chi connectivity index (χ0n) is 12.8. The van der Waals surface area contributed by atoms with Crippen molar-refractivity contribution in [2.45, 2.75) is 6.92 Å². The maximum absolute atomic E-state index is 13.5. The fourth-order valence-corrected chi connectivity index (χ4v) is 2.13. The highest BCUT2D eigenvalue weighted by molar-refractivity contribution is 6.06. The van der Waals surface area contributed by atoms with Crippen LogP contribution in [0.5, 0.6) is 5.75 Å². The highest BCUT2D eigenvalue weighted by Crippen LogP contribution is 2.25. The lowest BCUT2D eigenvalue weighted by Crippen LogP contribution is -2.32. The van der Waals surface area contributed by atoms with Gasteiger partial charge in [-0.1, -0.05) is 17.7 Å². The van der Waals surface area contributed by atoms with Gasteiger partial charge < -0.3 is 9.47 Å². The molecule has 0 N–H and O–H groups in total. The number of aryl methyl sites for hydroxylation is 1. The van der Waals surface area contributed by atoms with Gasteiger partial charge in [0.15, 0.2) is 11.6 Å². The van der Waals surface area contributed by atoms with Gasteiger partial charge >= 0.3 is 0 Å². The van der Waals surface area contributed by atoms with Gasteiger partial charge in [0.25, 0.3) is 5.91 Å². The summed E-state index contributed by atoms with van der Waals surface area (Å²) in [7, 11) is 2.88. The lowest BCUT2D eigenvalue weighted by atomic mass is 10.1. The van der Waals surface area contributed by atoms with Crippen LogP contribution in [0.1, 0.15) is 15.9 Å². The highest BCUT2D eigenvalue weighted by atomic mass is 19.1. The zero-order valence-corrected chi connectivity index (χ0v) is 12.8. The molecule has 0 aromatic heterocycles. The van der Waals surface area contributed by atoms with E-state index >= 15 is 0 Å². The Morgan fingerprint density at radius 1 is 1.18 bits per heavy atom. The van der Waals surface area contributed by atoms with Gasteiger partial charge in [-0.25, -0.2) is 4.39 Å². The molecule has 2 rings (SSSR count). The first-order valence-electron chi connectivity index (χ1n) is 6.78. The summed E-state index contributed by atoms with van der Waals surface area (Å²) in [6.45, 7) is 1.97. The van der Waals surface area contributed by atoms with Crippen LogP contribution in [0.2, 0.25) is 0 Å². The summed E-state index contributed by atoms with van der Waals surface area (Å²) in [5.41, 5.74) is 2.03. The van der Waals surface area contributed by atoms with E-state index in [0.717, 1.165) is 5.56 Å². The van der Waals surface area contributed by atoms with Gasteiger partial charge in [0.05, 0.1) is 12.8 Å². The van der Waals surface area contributed by atoms with Gasteiger partial charge in [0, 0.05) is 18.7 Å². The Labute approximate surface area is 129 Å². The van der Waals surface area contributed by atoms with Crippen LogP contribution in [0.3, 0.4) is 0 Å². The summed E-state index contributed by atoms with van der Waals surface area (Å²) in [5.74, 6) is -0.624. The minimum Gasteiger partial charge on any atom is -0.494 e. The fourth-order valence-electron chi connectivity index (χ4n) is 2.13. The number of methoxy groups -OCH3 is 2. The van der Waals surface area contributed by atoms with E-state index in [9.17, 15) is 9.18 Å². The quantitative estimate of drug-likeness (QED) is 0.795. The largest absolute Gasteiger partial charge is 0.494 e. The molecular formula is C17H18FNO3. The molecular weight excluding hydrogens is 285 g/mol. The second-order valence-corrected chi connectivity index (χ2v) is 4.84. The molecule has 22 heavy (non-hydrogen) atoms. The van der Waals surface area contributed by atoms with Crippen molar-refractivity contribution in [3.8, 4) is 5.75 Å². The molecule has 0 bridgehead atoms. The average molecular weight is 303 g/mol. The Hall–Kier alpha value is -2.40. The molecule has 1 amide bonds. The molecule has 0 unspecified atom stereocenters. The SMILES string of the molecule is COCN(C(=O)c1cccc(C)c1)c1ccc(F)c(OC)c1. The average Bonchev–Trinajstić information content (AvgIpc) is 2.52. The van der Waals surface area contributed by atoms with Crippen LogP contribution >= 0.6 is 0 Å². The Balaban J connectivity index is 2.39. The van der Waals surface area contributed by atoms with Crippen LogP contribution in [0, 0.1) is 12.7 Å². The molecule has 0 atom stereocenters. The van der Waals surface area contributed by atoms with Crippen LogP contribution in [-0.4, -0.2) is 26.9 Å². The monoisotopic (exact) mass is 303 g/mol. The second kappa shape index (κ2) is 7.04. The molecule has 2 aromatic rings. The van der Waals surface area contributed by atoms with Gasteiger partial charge in [0.2, 0.25) is 0 Å². The smallest absolute Gasteiger partial charge is 0.260 e. The number of hydrogen-bond donors (Lipinski definition) is 0. The molecule has 0 fully saturated rings.